The number of rotatable bonds is 7. The second kappa shape index (κ2) is 6.06. The molecule has 1 aromatic carbocycles. The highest BCUT2D eigenvalue weighted by Crippen LogP contribution is 2.31. The molecule has 1 saturated carbocycles. The Morgan fingerprint density at radius 1 is 1.29 bits per heavy atom. The topological polar surface area (TPSA) is 21.3 Å². The monoisotopic (exact) mass is 233 g/mol. The summed E-state index contributed by atoms with van der Waals surface area (Å²) in [7, 11) is 0. The number of ether oxygens (including phenoxy) is 1. The van der Waals surface area contributed by atoms with Gasteiger partial charge in [-0.1, -0.05) is 30.5 Å². The minimum Gasteiger partial charge on any atom is -0.492 e. The highest BCUT2D eigenvalue weighted by atomic mass is 16.5. The summed E-state index contributed by atoms with van der Waals surface area (Å²) in [4.78, 5) is 0. The Bertz CT molecular complexity index is 329. The van der Waals surface area contributed by atoms with E-state index in [1.165, 1.54) is 24.8 Å². The van der Waals surface area contributed by atoms with E-state index in [9.17, 15) is 0 Å². The van der Waals surface area contributed by atoms with Crippen LogP contribution in [-0.2, 0) is 0 Å². The van der Waals surface area contributed by atoms with Gasteiger partial charge in [-0.15, -0.1) is 0 Å². The van der Waals surface area contributed by atoms with E-state index in [0.717, 1.165) is 24.8 Å². The Labute approximate surface area is 104 Å². The van der Waals surface area contributed by atoms with Crippen LogP contribution in [0.2, 0.25) is 0 Å². The predicted molar refractivity (Wildman–Crippen MR) is 71.5 cm³/mol. The molecule has 0 saturated heterocycles. The third-order valence-electron chi connectivity index (χ3n) is 3.26. The van der Waals surface area contributed by atoms with E-state index in [-0.39, 0.29) is 0 Å². The van der Waals surface area contributed by atoms with Crippen molar-refractivity contribution in [2.45, 2.75) is 39.2 Å². The van der Waals surface area contributed by atoms with Crippen molar-refractivity contribution >= 4 is 0 Å². The maximum Gasteiger partial charge on any atom is 0.119 e. The Morgan fingerprint density at radius 3 is 2.65 bits per heavy atom. The molecule has 2 heteroatoms. The summed E-state index contributed by atoms with van der Waals surface area (Å²) in [5, 5.41) is 3.51. The van der Waals surface area contributed by atoms with Crippen LogP contribution in [0.1, 0.15) is 31.7 Å². The van der Waals surface area contributed by atoms with Crippen molar-refractivity contribution in [2.24, 2.45) is 5.92 Å². The lowest BCUT2D eigenvalue weighted by Gasteiger charge is -2.15. The molecule has 0 amide bonds. The zero-order valence-electron chi connectivity index (χ0n) is 10.9. The van der Waals surface area contributed by atoms with Gasteiger partial charge in [0.25, 0.3) is 0 Å². The molecule has 1 unspecified atom stereocenters. The first-order valence-corrected chi connectivity index (χ1v) is 6.67. The van der Waals surface area contributed by atoms with Crippen LogP contribution in [0, 0.1) is 12.8 Å². The van der Waals surface area contributed by atoms with Crippen molar-refractivity contribution in [3.8, 4) is 5.75 Å². The molecule has 1 fully saturated rings. The smallest absolute Gasteiger partial charge is 0.119 e. The largest absolute Gasteiger partial charge is 0.492 e. The first-order chi connectivity index (χ1) is 8.24. The summed E-state index contributed by atoms with van der Waals surface area (Å²) in [6.45, 7) is 6.14. The Morgan fingerprint density at radius 2 is 2.00 bits per heavy atom. The van der Waals surface area contributed by atoms with Crippen molar-refractivity contribution in [3.63, 3.8) is 0 Å². The number of benzene rings is 1. The van der Waals surface area contributed by atoms with E-state index in [1.807, 2.05) is 12.1 Å². The summed E-state index contributed by atoms with van der Waals surface area (Å²) in [5.74, 6) is 1.97. The molecule has 2 nitrogen and oxygen atoms in total. The lowest BCUT2D eigenvalue weighted by Crippen LogP contribution is -2.32. The van der Waals surface area contributed by atoms with Crippen LogP contribution in [0.4, 0.5) is 0 Å². The fourth-order valence-corrected chi connectivity index (χ4v) is 1.86. The maximum atomic E-state index is 5.73. The van der Waals surface area contributed by atoms with Gasteiger partial charge in [0, 0.05) is 6.04 Å². The molecule has 1 aliphatic carbocycles. The minimum absolute atomic E-state index is 0.426. The molecule has 1 atom stereocenters. The molecule has 1 aromatic rings. The van der Waals surface area contributed by atoms with E-state index in [4.69, 9.17) is 4.74 Å². The normalized spacial score (nSPS) is 16.8. The summed E-state index contributed by atoms with van der Waals surface area (Å²) < 4.78 is 5.73. The molecule has 0 aromatic heterocycles. The maximum absolute atomic E-state index is 5.73. The minimum atomic E-state index is 0.426. The number of nitrogens with one attached hydrogen (secondary N) is 1. The highest BCUT2D eigenvalue weighted by Gasteiger charge is 2.20. The van der Waals surface area contributed by atoms with E-state index in [0.29, 0.717) is 6.04 Å². The molecule has 0 radical (unpaired) electrons. The van der Waals surface area contributed by atoms with Crippen molar-refractivity contribution < 1.29 is 4.74 Å². The standard InChI is InChI=1S/C15H23NO/c1-12-3-7-15(8-4-12)17-11-13(2)16-10-9-14-5-6-14/h3-4,7-8,13-14,16H,5-6,9-11H2,1-2H3. The summed E-state index contributed by atoms with van der Waals surface area (Å²) >= 11 is 0. The van der Waals surface area contributed by atoms with Gasteiger partial charge in [-0.3, -0.25) is 0 Å². The van der Waals surface area contributed by atoms with Crippen LogP contribution < -0.4 is 10.1 Å². The molecule has 2 rings (SSSR count). The molecule has 94 valence electrons. The van der Waals surface area contributed by atoms with Gasteiger partial charge in [-0.05, 0) is 44.9 Å². The van der Waals surface area contributed by atoms with E-state index in [1.54, 1.807) is 0 Å². The van der Waals surface area contributed by atoms with Crippen molar-refractivity contribution in [1.29, 1.82) is 0 Å². The first kappa shape index (κ1) is 12.4. The fraction of sp³-hybridized carbons (Fsp3) is 0.600. The van der Waals surface area contributed by atoms with Crippen LogP contribution in [0.15, 0.2) is 24.3 Å². The van der Waals surface area contributed by atoms with Crippen LogP contribution in [0.25, 0.3) is 0 Å². The average molecular weight is 233 g/mol. The highest BCUT2D eigenvalue weighted by molar-refractivity contribution is 5.26. The summed E-state index contributed by atoms with van der Waals surface area (Å²) in [6.07, 6.45) is 4.21. The SMILES string of the molecule is Cc1ccc(OCC(C)NCCC2CC2)cc1. The quantitative estimate of drug-likeness (QED) is 0.781. The third kappa shape index (κ3) is 4.78. The molecular weight excluding hydrogens is 210 g/mol. The molecule has 0 aliphatic heterocycles. The third-order valence-corrected chi connectivity index (χ3v) is 3.26. The van der Waals surface area contributed by atoms with Crippen molar-refractivity contribution in [1.82, 2.24) is 5.32 Å². The predicted octanol–water partition coefficient (Wildman–Crippen LogP) is 3.15. The van der Waals surface area contributed by atoms with Crippen LogP contribution in [-0.4, -0.2) is 19.2 Å². The second-order valence-corrected chi connectivity index (χ2v) is 5.21. The second-order valence-electron chi connectivity index (χ2n) is 5.21. The first-order valence-electron chi connectivity index (χ1n) is 6.67. The van der Waals surface area contributed by atoms with E-state index < -0.39 is 0 Å². The Hall–Kier alpha value is -1.02. The molecule has 17 heavy (non-hydrogen) atoms. The molecule has 0 spiro atoms. The van der Waals surface area contributed by atoms with Gasteiger partial charge in [-0.25, -0.2) is 0 Å². The molecule has 1 N–H and O–H groups in total. The van der Waals surface area contributed by atoms with Crippen molar-refractivity contribution in [3.05, 3.63) is 29.8 Å². The van der Waals surface area contributed by atoms with Crippen molar-refractivity contribution in [2.75, 3.05) is 13.2 Å². The van der Waals surface area contributed by atoms with Gasteiger partial charge in [0.05, 0.1) is 0 Å². The van der Waals surface area contributed by atoms with Gasteiger partial charge in [0.2, 0.25) is 0 Å². The molecule has 0 bridgehead atoms. The van der Waals surface area contributed by atoms with E-state index in [2.05, 4.69) is 31.3 Å². The van der Waals surface area contributed by atoms with Gasteiger partial charge in [0.15, 0.2) is 0 Å². The zero-order chi connectivity index (χ0) is 12.1. The Balaban J connectivity index is 1.60. The fourth-order valence-electron chi connectivity index (χ4n) is 1.86. The number of hydrogen-bond acceptors (Lipinski definition) is 2. The molecule has 1 aliphatic rings. The number of aryl methyl sites for hydroxylation is 1. The van der Waals surface area contributed by atoms with Gasteiger partial charge < -0.3 is 10.1 Å². The van der Waals surface area contributed by atoms with E-state index >= 15 is 0 Å². The lowest BCUT2D eigenvalue weighted by molar-refractivity contribution is 0.272. The number of hydrogen-bond donors (Lipinski definition) is 1. The zero-order valence-corrected chi connectivity index (χ0v) is 10.9. The Kier molecular flexibility index (Phi) is 4.43. The van der Waals surface area contributed by atoms with Crippen LogP contribution in [0.5, 0.6) is 5.75 Å². The van der Waals surface area contributed by atoms with Gasteiger partial charge >= 0.3 is 0 Å². The van der Waals surface area contributed by atoms with Gasteiger partial charge in [-0.2, -0.15) is 0 Å². The van der Waals surface area contributed by atoms with Gasteiger partial charge in [0.1, 0.15) is 12.4 Å². The average Bonchev–Trinajstić information content (AvgIpc) is 3.12. The molecular formula is C15H23NO. The molecule has 0 heterocycles. The van der Waals surface area contributed by atoms with Crippen LogP contribution in [0.3, 0.4) is 0 Å². The summed E-state index contributed by atoms with van der Waals surface area (Å²) in [5.41, 5.74) is 1.27. The van der Waals surface area contributed by atoms with Crippen LogP contribution >= 0.6 is 0 Å². The lowest BCUT2D eigenvalue weighted by atomic mass is 10.2. The summed E-state index contributed by atoms with van der Waals surface area (Å²) in [6, 6.07) is 8.66.